The van der Waals surface area contributed by atoms with Crippen LogP contribution in [0.5, 0.6) is 0 Å². The van der Waals surface area contributed by atoms with Crippen molar-refractivity contribution in [1.82, 2.24) is 4.90 Å². The fraction of sp³-hybridized carbons (Fsp3) is 0.500. The number of esters is 1. The maximum Gasteiger partial charge on any atom is 0.410 e. The molecule has 112 valence electrons. The van der Waals surface area contributed by atoms with Gasteiger partial charge in [0.25, 0.3) is 0 Å². The molecule has 21 heavy (non-hydrogen) atoms. The first kappa shape index (κ1) is 13.9. The summed E-state index contributed by atoms with van der Waals surface area (Å²) in [5, 5.41) is 0. The molecule has 1 amide bonds. The summed E-state index contributed by atoms with van der Waals surface area (Å²) in [7, 11) is 0. The maximum atomic E-state index is 11.9. The SMILES string of the molecule is CCOC(=O)[C@H]1CC12CN(C(=O)OCc1ccccc1)C2. The molecule has 0 aromatic heterocycles. The number of benzene rings is 1. The Hall–Kier alpha value is -2.04. The molecular formula is C16H19NO4. The van der Waals surface area contributed by atoms with Crippen LogP contribution in [0.25, 0.3) is 0 Å². The Morgan fingerprint density at radius 3 is 2.62 bits per heavy atom. The number of ether oxygens (including phenoxy) is 2. The van der Waals surface area contributed by atoms with Crippen LogP contribution in [0.2, 0.25) is 0 Å². The first-order valence-corrected chi connectivity index (χ1v) is 7.27. The lowest BCUT2D eigenvalue weighted by molar-refractivity contribution is -0.146. The van der Waals surface area contributed by atoms with Crippen LogP contribution in [0.3, 0.4) is 0 Å². The van der Waals surface area contributed by atoms with Crippen LogP contribution in [0.1, 0.15) is 18.9 Å². The van der Waals surface area contributed by atoms with Crippen molar-refractivity contribution in [2.24, 2.45) is 11.3 Å². The molecule has 1 aliphatic heterocycles. The monoisotopic (exact) mass is 289 g/mol. The van der Waals surface area contributed by atoms with Crippen molar-refractivity contribution in [3.05, 3.63) is 35.9 Å². The van der Waals surface area contributed by atoms with Crippen molar-refractivity contribution < 1.29 is 19.1 Å². The third-order valence-electron chi connectivity index (χ3n) is 4.24. The minimum absolute atomic E-state index is 0.0297. The lowest BCUT2D eigenvalue weighted by Crippen LogP contribution is -2.53. The summed E-state index contributed by atoms with van der Waals surface area (Å²) in [5.74, 6) is -0.162. The van der Waals surface area contributed by atoms with E-state index in [0.717, 1.165) is 12.0 Å². The maximum absolute atomic E-state index is 11.9. The number of hydrogen-bond acceptors (Lipinski definition) is 4. The molecule has 1 atom stereocenters. The van der Waals surface area contributed by atoms with Gasteiger partial charge >= 0.3 is 12.1 Å². The number of nitrogens with zero attached hydrogens (tertiary/aromatic N) is 1. The number of amides is 1. The molecule has 1 spiro atoms. The molecule has 1 saturated heterocycles. The summed E-state index contributed by atoms with van der Waals surface area (Å²) in [6.07, 6.45) is 0.521. The minimum atomic E-state index is -0.306. The highest BCUT2D eigenvalue weighted by Crippen LogP contribution is 2.59. The van der Waals surface area contributed by atoms with Gasteiger partial charge < -0.3 is 14.4 Å². The number of likely N-dealkylation sites (tertiary alicyclic amines) is 1. The lowest BCUT2D eigenvalue weighted by Gasteiger charge is -2.39. The van der Waals surface area contributed by atoms with Gasteiger partial charge in [-0.15, -0.1) is 0 Å². The van der Waals surface area contributed by atoms with Crippen LogP contribution >= 0.6 is 0 Å². The zero-order valence-electron chi connectivity index (χ0n) is 12.1. The van der Waals surface area contributed by atoms with Gasteiger partial charge in [-0.25, -0.2) is 4.79 Å². The van der Waals surface area contributed by atoms with E-state index in [9.17, 15) is 9.59 Å². The Kier molecular flexibility index (Phi) is 3.57. The molecule has 5 nitrogen and oxygen atoms in total. The second kappa shape index (κ2) is 5.39. The molecule has 1 heterocycles. The molecule has 0 N–H and O–H groups in total. The van der Waals surface area contributed by atoms with E-state index in [1.165, 1.54) is 0 Å². The Morgan fingerprint density at radius 2 is 1.95 bits per heavy atom. The highest BCUT2D eigenvalue weighted by atomic mass is 16.6. The van der Waals surface area contributed by atoms with E-state index in [4.69, 9.17) is 9.47 Å². The number of carbonyl (C=O) groups is 2. The summed E-state index contributed by atoms with van der Waals surface area (Å²) >= 11 is 0. The zero-order valence-corrected chi connectivity index (χ0v) is 12.1. The van der Waals surface area contributed by atoms with E-state index >= 15 is 0 Å². The second-order valence-electron chi connectivity index (χ2n) is 5.77. The molecule has 0 bridgehead atoms. The summed E-state index contributed by atoms with van der Waals surface area (Å²) in [6, 6.07) is 9.59. The van der Waals surface area contributed by atoms with E-state index in [1.54, 1.807) is 11.8 Å². The Morgan fingerprint density at radius 1 is 1.24 bits per heavy atom. The fourth-order valence-electron chi connectivity index (χ4n) is 2.93. The van der Waals surface area contributed by atoms with Crippen LogP contribution in [-0.2, 0) is 20.9 Å². The molecule has 1 aromatic rings. The molecule has 3 rings (SSSR count). The molecule has 5 heteroatoms. The summed E-state index contributed by atoms with van der Waals surface area (Å²) in [4.78, 5) is 25.2. The van der Waals surface area contributed by atoms with Crippen LogP contribution in [-0.4, -0.2) is 36.7 Å². The van der Waals surface area contributed by atoms with Crippen molar-refractivity contribution in [3.63, 3.8) is 0 Å². The molecule has 2 aliphatic rings. The molecule has 1 aromatic carbocycles. The van der Waals surface area contributed by atoms with Crippen molar-refractivity contribution in [2.75, 3.05) is 19.7 Å². The minimum Gasteiger partial charge on any atom is -0.466 e. The molecule has 0 radical (unpaired) electrons. The average molecular weight is 289 g/mol. The van der Waals surface area contributed by atoms with Gasteiger partial charge in [-0.1, -0.05) is 30.3 Å². The third-order valence-corrected chi connectivity index (χ3v) is 4.24. The van der Waals surface area contributed by atoms with E-state index in [1.807, 2.05) is 30.3 Å². The van der Waals surface area contributed by atoms with E-state index in [2.05, 4.69) is 0 Å². The largest absolute Gasteiger partial charge is 0.466 e. The second-order valence-corrected chi connectivity index (χ2v) is 5.77. The summed E-state index contributed by atoms with van der Waals surface area (Å²) in [5.41, 5.74) is 0.940. The quantitative estimate of drug-likeness (QED) is 0.797. The van der Waals surface area contributed by atoms with E-state index in [0.29, 0.717) is 19.7 Å². The third kappa shape index (κ3) is 2.73. The smallest absolute Gasteiger partial charge is 0.410 e. The summed E-state index contributed by atoms with van der Waals surface area (Å²) < 4.78 is 10.3. The Balaban J connectivity index is 1.43. The number of carbonyl (C=O) groups excluding carboxylic acids is 2. The van der Waals surface area contributed by atoms with E-state index in [-0.39, 0.29) is 30.0 Å². The van der Waals surface area contributed by atoms with Crippen LogP contribution in [0, 0.1) is 11.3 Å². The standard InChI is InChI=1S/C16H19NO4/c1-2-20-14(18)13-8-16(13)10-17(11-16)15(19)21-9-12-6-4-3-5-7-12/h3-7,13H,2,8-11H2,1H3/t13-/m1/s1. The van der Waals surface area contributed by atoms with Crippen LogP contribution in [0.15, 0.2) is 30.3 Å². The van der Waals surface area contributed by atoms with Gasteiger partial charge in [-0.2, -0.15) is 0 Å². The van der Waals surface area contributed by atoms with Gasteiger partial charge in [0.15, 0.2) is 0 Å². The predicted molar refractivity (Wildman–Crippen MR) is 75.4 cm³/mol. The molecule has 2 fully saturated rings. The molecule has 0 unspecified atom stereocenters. The molecular weight excluding hydrogens is 270 g/mol. The topological polar surface area (TPSA) is 55.8 Å². The predicted octanol–water partition coefficient (Wildman–Crippen LogP) is 2.21. The lowest BCUT2D eigenvalue weighted by atomic mass is 9.94. The van der Waals surface area contributed by atoms with Crippen molar-refractivity contribution >= 4 is 12.1 Å². The highest BCUT2D eigenvalue weighted by molar-refractivity contribution is 5.79. The van der Waals surface area contributed by atoms with Crippen LogP contribution in [0.4, 0.5) is 4.79 Å². The Labute approximate surface area is 123 Å². The first-order valence-electron chi connectivity index (χ1n) is 7.27. The highest BCUT2D eigenvalue weighted by Gasteiger charge is 2.66. The van der Waals surface area contributed by atoms with Gasteiger partial charge in [-0.05, 0) is 18.9 Å². The molecule has 1 saturated carbocycles. The fourth-order valence-corrected chi connectivity index (χ4v) is 2.93. The Bertz CT molecular complexity index is 536. The molecule has 1 aliphatic carbocycles. The van der Waals surface area contributed by atoms with Gasteiger partial charge in [0.2, 0.25) is 0 Å². The van der Waals surface area contributed by atoms with Gasteiger partial charge in [0, 0.05) is 18.5 Å². The average Bonchev–Trinajstić information content (AvgIpc) is 3.20. The number of rotatable bonds is 4. The van der Waals surface area contributed by atoms with Gasteiger partial charge in [-0.3, -0.25) is 4.79 Å². The van der Waals surface area contributed by atoms with Gasteiger partial charge in [0.1, 0.15) is 6.61 Å². The summed E-state index contributed by atoms with van der Waals surface area (Å²) in [6.45, 7) is 3.70. The normalized spacial score (nSPS) is 21.6. The first-order chi connectivity index (χ1) is 10.1. The van der Waals surface area contributed by atoms with Gasteiger partial charge in [0.05, 0.1) is 12.5 Å². The van der Waals surface area contributed by atoms with Crippen molar-refractivity contribution in [3.8, 4) is 0 Å². The van der Waals surface area contributed by atoms with Crippen molar-refractivity contribution in [1.29, 1.82) is 0 Å². The number of hydrogen-bond donors (Lipinski definition) is 0. The van der Waals surface area contributed by atoms with E-state index < -0.39 is 0 Å². The van der Waals surface area contributed by atoms with Crippen LogP contribution < -0.4 is 0 Å². The van der Waals surface area contributed by atoms with Crippen molar-refractivity contribution in [2.45, 2.75) is 20.0 Å². The zero-order chi connectivity index (χ0) is 14.9.